The van der Waals surface area contributed by atoms with Crippen LogP contribution in [0.5, 0.6) is 0 Å². The van der Waals surface area contributed by atoms with Gasteiger partial charge in [-0.15, -0.1) is 18.9 Å². The molecule has 2 aromatic rings. The molecule has 2 rings (SSSR count). The van der Waals surface area contributed by atoms with Crippen molar-refractivity contribution in [1.82, 2.24) is 14.8 Å². The number of nitrogens with zero attached hydrogens (tertiary/aromatic N) is 3. The van der Waals surface area contributed by atoms with Crippen LogP contribution in [-0.2, 0) is 15.7 Å². The maximum absolute atomic E-state index is 6.36. The maximum Gasteiger partial charge on any atom is 0.137 e. The second-order valence-corrected chi connectivity index (χ2v) is 10.1. The highest BCUT2D eigenvalue weighted by Crippen LogP contribution is 2.42. The Morgan fingerprint density at radius 2 is 1.81 bits per heavy atom. The first-order valence-corrected chi connectivity index (χ1v) is 11.2. The molecule has 4 nitrogen and oxygen atoms in total. The van der Waals surface area contributed by atoms with Gasteiger partial charge in [0.1, 0.15) is 18.2 Å². The fraction of sp³-hybridized carbons (Fsp3) is 0.556. The molecule has 2 atom stereocenters. The van der Waals surface area contributed by atoms with Crippen molar-refractivity contribution in [3.8, 4) is 12.3 Å². The zero-order valence-electron chi connectivity index (χ0n) is 20.0. The Morgan fingerprint density at radius 3 is 2.35 bits per heavy atom. The van der Waals surface area contributed by atoms with Gasteiger partial charge in [-0.3, -0.25) is 0 Å². The van der Waals surface area contributed by atoms with Crippen molar-refractivity contribution in [2.45, 2.75) is 83.8 Å². The highest BCUT2D eigenvalue weighted by Gasteiger charge is 2.47. The van der Waals surface area contributed by atoms with E-state index in [-0.39, 0.29) is 16.9 Å². The number of hydrogen-bond donors (Lipinski definition) is 0. The van der Waals surface area contributed by atoms with Crippen LogP contribution in [0.15, 0.2) is 55.6 Å². The molecule has 31 heavy (non-hydrogen) atoms. The lowest BCUT2D eigenvalue weighted by atomic mass is 9.71. The topological polar surface area (TPSA) is 39.9 Å². The van der Waals surface area contributed by atoms with Crippen LogP contribution in [0.25, 0.3) is 0 Å². The SMILES string of the molecule is C#CCC(CCCCC(C)(C)c1ccccc1)(C(OCC=C)C(C)(C)C)n1cncn1. The van der Waals surface area contributed by atoms with Gasteiger partial charge in [0.25, 0.3) is 0 Å². The van der Waals surface area contributed by atoms with E-state index in [1.165, 1.54) is 5.56 Å². The van der Waals surface area contributed by atoms with Crippen LogP contribution >= 0.6 is 0 Å². The third-order valence-corrected chi connectivity index (χ3v) is 6.16. The summed E-state index contributed by atoms with van der Waals surface area (Å²) in [7, 11) is 0. The van der Waals surface area contributed by atoms with Gasteiger partial charge in [0.2, 0.25) is 0 Å². The molecule has 0 aliphatic heterocycles. The van der Waals surface area contributed by atoms with Crippen LogP contribution in [0.3, 0.4) is 0 Å². The van der Waals surface area contributed by atoms with Gasteiger partial charge in [-0.25, -0.2) is 9.67 Å². The standard InChI is InChI=1S/C27H39N3O/c1-8-17-27(30-22-28-21-29-30,24(25(3,4)5)31-20-9-2)19-14-13-18-26(6,7)23-15-11-10-12-16-23/h1,9-12,15-16,21-22,24H,2,13-14,17-20H2,3-7H3. The lowest BCUT2D eigenvalue weighted by molar-refractivity contribution is -0.0927. The maximum atomic E-state index is 6.36. The van der Waals surface area contributed by atoms with Gasteiger partial charge in [0.15, 0.2) is 0 Å². The first-order chi connectivity index (χ1) is 14.7. The Labute approximate surface area is 189 Å². The van der Waals surface area contributed by atoms with E-state index in [0.29, 0.717) is 13.0 Å². The summed E-state index contributed by atoms with van der Waals surface area (Å²) in [6.45, 7) is 15.5. The first kappa shape index (κ1) is 24.9. The van der Waals surface area contributed by atoms with Gasteiger partial charge in [-0.05, 0) is 29.2 Å². The lowest BCUT2D eigenvalue weighted by Gasteiger charge is -2.46. The molecule has 0 saturated carbocycles. The second-order valence-electron chi connectivity index (χ2n) is 10.1. The first-order valence-electron chi connectivity index (χ1n) is 11.2. The van der Waals surface area contributed by atoms with Gasteiger partial charge in [-0.1, -0.05) is 83.9 Å². The van der Waals surface area contributed by atoms with Crippen molar-refractivity contribution in [1.29, 1.82) is 0 Å². The fourth-order valence-electron chi connectivity index (χ4n) is 4.65. The summed E-state index contributed by atoms with van der Waals surface area (Å²) >= 11 is 0. The Kier molecular flexibility index (Phi) is 8.65. The van der Waals surface area contributed by atoms with Crippen molar-refractivity contribution < 1.29 is 4.74 Å². The molecule has 0 amide bonds. The van der Waals surface area contributed by atoms with Crippen LogP contribution in [-0.4, -0.2) is 27.5 Å². The molecule has 1 aromatic heterocycles. The second kappa shape index (κ2) is 10.8. The number of rotatable bonds is 12. The Bertz CT molecular complexity index is 828. The van der Waals surface area contributed by atoms with Crippen molar-refractivity contribution in [2.24, 2.45) is 5.41 Å². The summed E-state index contributed by atoms with van der Waals surface area (Å²) in [4.78, 5) is 4.23. The molecular formula is C27H39N3O. The normalized spacial score (nSPS) is 15.1. The van der Waals surface area contributed by atoms with E-state index in [1.807, 2.05) is 4.68 Å². The van der Waals surface area contributed by atoms with Gasteiger partial charge in [-0.2, -0.15) is 5.10 Å². The number of terminal acetylenes is 1. The Hall–Kier alpha value is -2.38. The molecule has 0 aliphatic carbocycles. The largest absolute Gasteiger partial charge is 0.371 e. The van der Waals surface area contributed by atoms with Gasteiger partial charge in [0.05, 0.1) is 12.7 Å². The lowest BCUT2D eigenvalue weighted by Crippen LogP contribution is -2.53. The van der Waals surface area contributed by atoms with E-state index in [9.17, 15) is 0 Å². The molecule has 0 aliphatic rings. The summed E-state index contributed by atoms with van der Waals surface area (Å²) in [6, 6.07) is 10.7. The number of benzene rings is 1. The molecule has 1 aromatic carbocycles. The third kappa shape index (κ3) is 6.31. The molecule has 0 fully saturated rings. The summed E-state index contributed by atoms with van der Waals surface area (Å²) in [5, 5.41) is 4.53. The Balaban J connectivity index is 2.25. The van der Waals surface area contributed by atoms with Crippen LogP contribution in [0.2, 0.25) is 0 Å². The smallest absolute Gasteiger partial charge is 0.137 e. The molecule has 0 bridgehead atoms. The number of ether oxygens (including phenoxy) is 1. The monoisotopic (exact) mass is 421 g/mol. The average molecular weight is 422 g/mol. The quantitative estimate of drug-likeness (QED) is 0.234. The van der Waals surface area contributed by atoms with Crippen LogP contribution < -0.4 is 0 Å². The van der Waals surface area contributed by atoms with Crippen LogP contribution in [0.1, 0.15) is 72.3 Å². The molecule has 168 valence electrons. The van der Waals surface area contributed by atoms with Crippen molar-refractivity contribution in [3.05, 3.63) is 61.2 Å². The summed E-state index contributed by atoms with van der Waals surface area (Å²) in [5.74, 6) is 2.91. The van der Waals surface area contributed by atoms with Gasteiger partial charge < -0.3 is 4.74 Å². The van der Waals surface area contributed by atoms with Crippen LogP contribution in [0, 0.1) is 17.8 Å². The minimum Gasteiger partial charge on any atom is -0.371 e. The van der Waals surface area contributed by atoms with E-state index >= 15 is 0 Å². The summed E-state index contributed by atoms with van der Waals surface area (Å²) < 4.78 is 8.30. The van der Waals surface area contributed by atoms with Crippen molar-refractivity contribution in [3.63, 3.8) is 0 Å². The fourth-order valence-corrected chi connectivity index (χ4v) is 4.65. The molecule has 0 radical (unpaired) electrons. The van der Waals surface area contributed by atoms with E-state index in [0.717, 1.165) is 25.7 Å². The molecular weight excluding hydrogens is 382 g/mol. The summed E-state index contributed by atoms with van der Waals surface area (Å²) in [6.07, 6.45) is 15.6. The van der Waals surface area contributed by atoms with E-state index < -0.39 is 5.54 Å². The minimum atomic E-state index is -0.455. The van der Waals surface area contributed by atoms with Crippen molar-refractivity contribution >= 4 is 0 Å². The molecule has 4 heteroatoms. The average Bonchev–Trinajstić information content (AvgIpc) is 3.26. The van der Waals surface area contributed by atoms with Crippen molar-refractivity contribution in [2.75, 3.05) is 6.61 Å². The molecule has 1 heterocycles. The number of aromatic nitrogens is 3. The van der Waals surface area contributed by atoms with Gasteiger partial charge >= 0.3 is 0 Å². The molecule has 0 spiro atoms. The molecule has 2 unspecified atom stereocenters. The predicted octanol–water partition coefficient (Wildman–Crippen LogP) is 6.15. The highest BCUT2D eigenvalue weighted by molar-refractivity contribution is 5.23. The summed E-state index contributed by atoms with van der Waals surface area (Å²) in [5.41, 5.74) is 0.924. The van der Waals surface area contributed by atoms with Gasteiger partial charge in [0, 0.05) is 6.42 Å². The molecule has 0 N–H and O–H groups in total. The predicted molar refractivity (Wildman–Crippen MR) is 129 cm³/mol. The number of hydrogen-bond acceptors (Lipinski definition) is 3. The zero-order valence-corrected chi connectivity index (χ0v) is 20.0. The van der Waals surface area contributed by atoms with E-state index in [1.54, 1.807) is 18.7 Å². The highest BCUT2D eigenvalue weighted by atomic mass is 16.5. The Morgan fingerprint density at radius 1 is 1.13 bits per heavy atom. The van der Waals surface area contributed by atoms with E-state index in [2.05, 4.69) is 87.5 Å². The third-order valence-electron chi connectivity index (χ3n) is 6.16. The number of unbranched alkanes of at least 4 members (excludes halogenated alkanes) is 1. The zero-order chi connectivity index (χ0) is 23.0. The minimum absolute atomic E-state index is 0.127. The molecule has 0 saturated heterocycles. The van der Waals surface area contributed by atoms with E-state index in [4.69, 9.17) is 11.2 Å². The van der Waals surface area contributed by atoms with Crippen LogP contribution in [0.4, 0.5) is 0 Å².